The number of hydrogen-bond donors (Lipinski definition) is 4. The Morgan fingerprint density at radius 2 is 1.92 bits per heavy atom. The minimum absolute atomic E-state index is 0.172. The Kier molecular flexibility index (Phi) is 5.76. The fourth-order valence-electron chi connectivity index (χ4n) is 4.74. The van der Waals surface area contributed by atoms with Crippen LogP contribution >= 0.6 is 0 Å². The van der Waals surface area contributed by atoms with Crippen LogP contribution in [0.4, 0.5) is 23.3 Å². The molecule has 3 aromatic heterocycles. The van der Waals surface area contributed by atoms with Gasteiger partial charge in [-0.3, -0.25) is 15.2 Å². The quantitative estimate of drug-likeness (QED) is 0.279. The molecule has 1 amide bonds. The molecule has 1 aliphatic rings. The first kappa shape index (κ1) is 23.0. The van der Waals surface area contributed by atoms with Gasteiger partial charge in [0.15, 0.2) is 0 Å². The van der Waals surface area contributed by atoms with E-state index in [0.717, 1.165) is 53.8 Å². The lowest BCUT2D eigenvalue weighted by Crippen LogP contribution is -2.45. The molecule has 0 saturated carbocycles. The van der Waals surface area contributed by atoms with Crippen LogP contribution in [0.5, 0.6) is 0 Å². The molecule has 1 aliphatic heterocycles. The van der Waals surface area contributed by atoms with Gasteiger partial charge in [-0.15, -0.1) is 0 Å². The van der Waals surface area contributed by atoms with Gasteiger partial charge in [0.25, 0.3) is 5.91 Å². The summed E-state index contributed by atoms with van der Waals surface area (Å²) >= 11 is 0. The molecule has 1 saturated heterocycles. The van der Waals surface area contributed by atoms with E-state index in [4.69, 9.17) is 4.98 Å². The monoisotopic (exact) mass is 498 g/mol. The first-order chi connectivity index (χ1) is 17.9. The van der Waals surface area contributed by atoms with Gasteiger partial charge in [0.2, 0.25) is 11.9 Å². The van der Waals surface area contributed by atoms with E-state index in [0.29, 0.717) is 23.1 Å². The molecular formula is C26H30N10O. The Labute approximate surface area is 213 Å². The van der Waals surface area contributed by atoms with E-state index >= 15 is 0 Å². The lowest BCUT2D eigenvalue weighted by Gasteiger charge is -2.35. The van der Waals surface area contributed by atoms with Crippen molar-refractivity contribution < 1.29 is 4.79 Å². The van der Waals surface area contributed by atoms with Gasteiger partial charge in [0.1, 0.15) is 0 Å². The summed E-state index contributed by atoms with van der Waals surface area (Å²) in [6.45, 7) is 7.74. The van der Waals surface area contributed by atoms with Gasteiger partial charge in [-0.2, -0.15) is 5.10 Å². The largest absolute Gasteiger partial charge is 0.368 e. The summed E-state index contributed by atoms with van der Waals surface area (Å²) in [6, 6.07) is 9.87. The van der Waals surface area contributed by atoms with E-state index < -0.39 is 0 Å². The SMILES string of the molecule is CC(C)n1ccnc1Nc1nc2cc(N3CCN(C)CC3)c(C(=O)Nc3ccc4cn[nH]c4c3)cc2[nH]1. The molecule has 0 atom stereocenters. The van der Waals surface area contributed by atoms with Crippen LogP contribution in [0.1, 0.15) is 30.2 Å². The number of amides is 1. The molecule has 190 valence electrons. The smallest absolute Gasteiger partial charge is 0.257 e. The van der Waals surface area contributed by atoms with Crippen LogP contribution in [0.15, 0.2) is 48.9 Å². The third-order valence-electron chi connectivity index (χ3n) is 6.84. The Morgan fingerprint density at radius 3 is 2.73 bits per heavy atom. The first-order valence-corrected chi connectivity index (χ1v) is 12.5. The maximum atomic E-state index is 13.6. The number of anilines is 4. The number of rotatable bonds is 6. The molecule has 0 spiro atoms. The summed E-state index contributed by atoms with van der Waals surface area (Å²) in [6.07, 6.45) is 5.46. The van der Waals surface area contributed by atoms with Crippen LogP contribution in [0.3, 0.4) is 0 Å². The van der Waals surface area contributed by atoms with Crippen molar-refractivity contribution in [2.75, 3.05) is 48.8 Å². The maximum Gasteiger partial charge on any atom is 0.257 e. The molecule has 2 aromatic carbocycles. The van der Waals surface area contributed by atoms with Crippen molar-refractivity contribution in [3.8, 4) is 0 Å². The highest BCUT2D eigenvalue weighted by Gasteiger charge is 2.23. The van der Waals surface area contributed by atoms with Gasteiger partial charge in [0.05, 0.1) is 34.0 Å². The zero-order chi connectivity index (χ0) is 25.5. The van der Waals surface area contributed by atoms with Crippen LogP contribution in [-0.4, -0.2) is 73.8 Å². The number of carbonyl (C=O) groups excluding carboxylic acids is 1. The van der Waals surface area contributed by atoms with Crippen molar-refractivity contribution in [2.24, 2.45) is 0 Å². The average molecular weight is 499 g/mol. The molecule has 4 heterocycles. The Hall–Kier alpha value is -4.38. The predicted molar refractivity (Wildman–Crippen MR) is 146 cm³/mol. The molecule has 5 aromatic rings. The topological polar surface area (TPSA) is 123 Å². The molecule has 4 N–H and O–H groups in total. The van der Waals surface area contributed by atoms with Crippen LogP contribution in [-0.2, 0) is 0 Å². The van der Waals surface area contributed by atoms with Gasteiger partial charge >= 0.3 is 0 Å². The molecule has 1 fully saturated rings. The molecule has 0 bridgehead atoms. The first-order valence-electron chi connectivity index (χ1n) is 12.5. The lowest BCUT2D eigenvalue weighted by molar-refractivity contribution is 0.102. The van der Waals surface area contributed by atoms with Crippen molar-refractivity contribution in [3.63, 3.8) is 0 Å². The second-order valence-electron chi connectivity index (χ2n) is 9.77. The third kappa shape index (κ3) is 4.49. The zero-order valence-electron chi connectivity index (χ0n) is 21.1. The van der Waals surface area contributed by atoms with E-state index in [1.165, 1.54) is 0 Å². The number of H-pyrrole nitrogens is 2. The summed E-state index contributed by atoms with van der Waals surface area (Å²) in [5.74, 6) is 1.12. The Bertz CT molecular complexity index is 1570. The minimum Gasteiger partial charge on any atom is -0.368 e. The highest BCUT2D eigenvalue weighted by Crippen LogP contribution is 2.30. The summed E-state index contributed by atoms with van der Waals surface area (Å²) < 4.78 is 2.04. The molecule has 0 unspecified atom stereocenters. The van der Waals surface area contributed by atoms with E-state index in [-0.39, 0.29) is 11.9 Å². The molecular weight excluding hydrogens is 468 g/mol. The summed E-state index contributed by atoms with van der Waals surface area (Å²) in [4.78, 5) is 30.7. The number of benzene rings is 2. The van der Waals surface area contributed by atoms with Crippen LogP contribution in [0.2, 0.25) is 0 Å². The highest BCUT2D eigenvalue weighted by molar-refractivity contribution is 6.11. The number of fused-ring (bicyclic) bond motifs is 2. The van der Waals surface area contributed by atoms with E-state index in [2.05, 4.69) is 61.5 Å². The van der Waals surface area contributed by atoms with Crippen LogP contribution in [0.25, 0.3) is 21.9 Å². The fourth-order valence-corrected chi connectivity index (χ4v) is 4.74. The number of nitrogens with zero attached hydrogens (tertiary/aromatic N) is 6. The number of imidazole rings is 2. The lowest BCUT2D eigenvalue weighted by atomic mass is 10.1. The van der Waals surface area contributed by atoms with Crippen molar-refractivity contribution in [3.05, 3.63) is 54.5 Å². The fraction of sp³-hybridized carbons (Fsp3) is 0.308. The highest BCUT2D eigenvalue weighted by atomic mass is 16.1. The molecule has 11 heteroatoms. The van der Waals surface area contributed by atoms with Gasteiger partial charge in [-0.25, -0.2) is 9.97 Å². The van der Waals surface area contributed by atoms with Gasteiger partial charge in [-0.1, -0.05) is 0 Å². The van der Waals surface area contributed by atoms with Crippen molar-refractivity contribution in [1.29, 1.82) is 0 Å². The summed E-state index contributed by atoms with van der Waals surface area (Å²) in [7, 11) is 2.12. The molecule has 0 radical (unpaired) electrons. The summed E-state index contributed by atoms with van der Waals surface area (Å²) in [5.41, 5.74) is 4.62. The van der Waals surface area contributed by atoms with E-state index in [9.17, 15) is 4.79 Å². The van der Waals surface area contributed by atoms with Crippen molar-refractivity contribution in [1.82, 2.24) is 34.6 Å². The normalized spacial score (nSPS) is 14.6. The number of hydrogen-bond acceptors (Lipinski definition) is 7. The van der Waals surface area contributed by atoms with Crippen LogP contribution < -0.4 is 15.5 Å². The maximum absolute atomic E-state index is 13.6. The predicted octanol–water partition coefficient (Wildman–Crippen LogP) is 3.96. The second-order valence-corrected chi connectivity index (χ2v) is 9.77. The standard InChI is InChI=1S/C26H30N10O/c1-16(2)36-7-6-27-26(36)32-25-30-21-13-19(23(14-22(21)31-25)35-10-8-34(3)9-11-35)24(37)29-18-5-4-17-15-28-33-20(17)12-18/h4-7,12-16H,8-11H2,1-3H3,(H,28,33)(H,29,37)(H2,27,30,31,32). The number of carbonyl (C=O) groups is 1. The number of likely N-dealkylation sites (N-methyl/N-ethyl adjacent to an activating group) is 1. The minimum atomic E-state index is -0.172. The third-order valence-corrected chi connectivity index (χ3v) is 6.84. The van der Waals surface area contributed by atoms with Crippen molar-refractivity contribution in [2.45, 2.75) is 19.9 Å². The Balaban J connectivity index is 1.35. The summed E-state index contributed by atoms with van der Waals surface area (Å²) in [5, 5.41) is 14.4. The van der Waals surface area contributed by atoms with Crippen LogP contribution in [0, 0.1) is 0 Å². The number of piperazine rings is 1. The van der Waals surface area contributed by atoms with E-state index in [1.807, 2.05) is 41.1 Å². The second kappa shape index (κ2) is 9.25. The van der Waals surface area contributed by atoms with Crippen molar-refractivity contribution >= 4 is 51.1 Å². The Morgan fingerprint density at radius 1 is 1.08 bits per heavy atom. The average Bonchev–Trinajstić information content (AvgIpc) is 3.62. The van der Waals surface area contributed by atoms with Gasteiger partial charge in [0, 0.05) is 55.7 Å². The molecule has 6 rings (SSSR count). The molecule has 0 aliphatic carbocycles. The van der Waals surface area contributed by atoms with Gasteiger partial charge < -0.3 is 24.7 Å². The zero-order valence-corrected chi connectivity index (χ0v) is 21.1. The van der Waals surface area contributed by atoms with E-state index in [1.54, 1.807) is 12.4 Å². The molecule has 11 nitrogen and oxygen atoms in total. The molecule has 37 heavy (non-hydrogen) atoms. The van der Waals surface area contributed by atoms with Gasteiger partial charge in [-0.05, 0) is 51.2 Å². The number of aromatic amines is 2. The number of nitrogens with one attached hydrogen (secondary N) is 4. The number of aromatic nitrogens is 6.